The molecule has 0 N–H and O–H groups in total. The van der Waals surface area contributed by atoms with Crippen LogP contribution < -0.4 is 9.64 Å². The predicted octanol–water partition coefficient (Wildman–Crippen LogP) is 4.07. The van der Waals surface area contributed by atoms with Crippen LogP contribution in [0.4, 0.5) is 14.5 Å². The van der Waals surface area contributed by atoms with Crippen molar-refractivity contribution in [2.24, 2.45) is 5.92 Å². The first-order valence-corrected chi connectivity index (χ1v) is 9.17. The molecule has 2 aliphatic rings. The Hall–Kier alpha value is -1.36. The summed E-state index contributed by atoms with van der Waals surface area (Å²) < 4.78 is 32.9. The molecule has 3 nitrogen and oxygen atoms in total. The molecule has 1 aliphatic carbocycles. The van der Waals surface area contributed by atoms with Crippen molar-refractivity contribution in [3.63, 3.8) is 0 Å². The zero-order chi connectivity index (χ0) is 16.9. The van der Waals surface area contributed by atoms with E-state index in [4.69, 9.17) is 4.74 Å². The van der Waals surface area contributed by atoms with Crippen LogP contribution in [0.2, 0.25) is 0 Å². The van der Waals surface area contributed by atoms with E-state index in [1.54, 1.807) is 0 Å². The molecule has 1 saturated carbocycles. The Morgan fingerprint density at radius 1 is 1.00 bits per heavy atom. The monoisotopic (exact) mass is 338 g/mol. The fourth-order valence-electron chi connectivity index (χ4n) is 3.97. The number of hydrogen-bond acceptors (Lipinski definition) is 3. The summed E-state index contributed by atoms with van der Waals surface area (Å²) >= 11 is 0. The summed E-state index contributed by atoms with van der Waals surface area (Å²) in [5.41, 5.74) is 0.347. The smallest absolute Gasteiger partial charge is 0.167 e. The number of anilines is 1. The molecule has 1 heterocycles. The molecule has 0 aromatic heterocycles. The van der Waals surface area contributed by atoms with Gasteiger partial charge in [0.2, 0.25) is 0 Å². The topological polar surface area (TPSA) is 15.7 Å². The van der Waals surface area contributed by atoms with Gasteiger partial charge in [0.05, 0.1) is 12.8 Å². The summed E-state index contributed by atoms with van der Waals surface area (Å²) in [4.78, 5) is 4.40. The van der Waals surface area contributed by atoms with Crippen molar-refractivity contribution in [1.29, 1.82) is 0 Å². The number of methoxy groups -OCH3 is 1. The summed E-state index contributed by atoms with van der Waals surface area (Å²) in [5, 5.41) is 0. The van der Waals surface area contributed by atoms with Crippen molar-refractivity contribution in [2.75, 3.05) is 44.7 Å². The number of ether oxygens (including phenoxy) is 1. The van der Waals surface area contributed by atoms with E-state index in [0.717, 1.165) is 44.7 Å². The van der Waals surface area contributed by atoms with E-state index in [1.807, 2.05) is 4.90 Å². The SMILES string of the molecule is COc1cc(F)c(N2CCN(CCC3CCCCC3)CC2)cc1F. The van der Waals surface area contributed by atoms with E-state index in [1.165, 1.54) is 51.7 Å². The molecule has 0 bridgehead atoms. The van der Waals surface area contributed by atoms with Crippen LogP contribution >= 0.6 is 0 Å². The first-order chi connectivity index (χ1) is 11.7. The molecule has 0 amide bonds. The van der Waals surface area contributed by atoms with Crippen LogP contribution in [-0.2, 0) is 0 Å². The highest BCUT2D eigenvalue weighted by Crippen LogP contribution is 2.29. The molecule has 0 atom stereocenters. The van der Waals surface area contributed by atoms with E-state index in [9.17, 15) is 8.78 Å². The Labute approximate surface area is 143 Å². The van der Waals surface area contributed by atoms with Crippen molar-refractivity contribution < 1.29 is 13.5 Å². The molecular formula is C19H28F2N2O. The highest BCUT2D eigenvalue weighted by atomic mass is 19.1. The van der Waals surface area contributed by atoms with Crippen molar-refractivity contribution >= 4 is 5.69 Å². The fourth-order valence-corrected chi connectivity index (χ4v) is 3.97. The summed E-state index contributed by atoms with van der Waals surface area (Å²) in [7, 11) is 1.35. The van der Waals surface area contributed by atoms with Gasteiger partial charge in [-0.25, -0.2) is 8.78 Å². The third-order valence-corrected chi connectivity index (χ3v) is 5.51. The van der Waals surface area contributed by atoms with Crippen molar-refractivity contribution in [2.45, 2.75) is 38.5 Å². The maximum atomic E-state index is 14.2. The van der Waals surface area contributed by atoms with E-state index in [0.29, 0.717) is 5.69 Å². The van der Waals surface area contributed by atoms with Gasteiger partial charge in [0, 0.05) is 38.3 Å². The lowest BCUT2D eigenvalue weighted by atomic mass is 9.87. The average Bonchev–Trinajstić information content (AvgIpc) is 2.63. The van der Waals surface area contributed by atoms with E-state index < -0.39 is 11.6 Å². The number of halogens is 2. The van der Waals surface area contributed by atoms with Crippen LogP contribution in [0, 0.1) is 17.6 Å². The predicted molar refractivity (Wildman–Crippen MR) is 92.8 cm³/mol. The number of benzene rings is 1. The number of nitrogens with zero attached hydrogens (tertiary/aromatic N) is 2. The summed E-state index contributed by atoms with van der Waals surface area (Å²) in [5.74, 6) is -0.0650. The van der Waals surface area contributed by atoms with Crippen molar-refractivity contribution in [3.05, 3.63) is 23.8 Å². The molecule has 3 rings (SSSR count). The standard InChI is InChI=1S/C19H28F2N2O/c1-24-19-14-16(20)18(13-17(19)21)23-11-9-22(10-12-23)8-7-15-5-3-2-4-6-15/h13-15H,2-12H2,1H3. The lowest BCUT2D eigenvalue weighted by molar-refractivity contribution is 0.221. The van der Waals surface area contributed by atoms with Gasteiger partial charge in [0.25, 0.3) is 0 Å². The van der Waals surface area contributed by atoms with Crippen LogP contribution in [0.3, 0.4) is 0 Å². The molecule has 1 saturated heterocycles. The molecular weight excluding hydrogens is 310 g/mol. The third kappa shape index (κ3) is 4.18. The molecule has 2 fully saturated rings. The molecule has 0 unspecified atom stereocenters. The van der Waals surface area contributed by atoms with Gasteiger partial charge in [0.15, 0.2) is 11.6 Å². The van der Waals surface area contributed by atoms with Gasteiger partial charge >= 0.3 is 0 Å². The lowest BCUT2D eigenvalue weighted by Gasteiger charge is -2.37. The minimum atomic E-state index is -0.506. The van der Waals surface area contributed by atoms with Gasteiger partial charge in [-0.15, -0.1) is 0 Å². The van der Waals surface area contributed by atoms with Gasteiger partial charge < -0.3 is 9.64 Å². The molecule has 0 radical (unpaired) electrons. The molecule has 1 aliphatic heterocycles. The van der Waals surface area contributed by atoms with Crippen LogP contribution in [0.5, 0.6) is 5.75 Å². The van der Waals surface area contributed by atoms with Crippen LogP contribution in [0.1, 0.15) is 38.5 Å². The van der Waals surface area contributed by atoms with Gasteiger partial charge in [-0.05, 0) is 18.9 Å². The largest absolute Gasteiger partial charge is 0.494 e. The summed E-state index contributed by atoms with van der Waals surface area (Å²) in [6, 6.07) is 2.39. The fraction of sp³-hybridized carbons (Fsp3) is 0.684. The highest BCUT2D eigenvalue weighted by Gasteiger charge is 2.22. The second kappa shape index (κ2) is 8.15. The average molecular weight is 338 g/mol. The van der Waals surface area contributed by atoms with Crippen LogP contribution in [0.15, 0.2) is 12.1 Å². The molecule has 24 heavy (non-hydrogen) atoms. The Kier molecular flexibility index (Phi) is 5.93. The zero-order valence-electron chi connectivity index (χ0n) is 14.6. The first-order valence-electron chi connectivity index (χ1n) is 9.17. The normalized spacial score (nSPS) is 20.4. The van der Waals surface area contributed by atoms with Crippen molar-refractivity contribution in [3.8, 4) is 5.75 Å². The van der Waals surface area contributed by atoms with Crippen molar-refractivity contribution in [1.82, 2.24) is 4.90 Å². The number of rotatable bonds is 5. The van der Waals surface area contributed by atoms with Crippen LogP contribution in [-0.4, -0.2) is 44.7 Å². The second-order valence-electron chi connectivity index (χ2n) is 7.06. The van der Waals surface area contributed by atoms with Gasteiger partial charge in [-0.3, -0.25) is 4.90 Å². The Bertz CT molecular complexity index is 538. The minimum absolute atomic E-state index is 0.0395. The van der Waals surface area contributed by atoms with Gasteiger partial charge in [-0.1, -0.05) is 32.1 Å². The Morgan fingerprint density at radius 3 is 2.38 bits per heavy atom. The summed E-state index contributed by atoms with van der Waals surface area (Å²) in [6.07, 6.45) is 8.23. The zero-order valence-corrected chi connectivity index (χ0v) is 14.6. The van der Waals surface area contributed by atoms with Gasteiger partial charge in [-0.2, -0.15) is 0 Å². The molecule has 0 spiro atoms. The first kappa shape index (κ1) is 17.5. The maximum Gasteiger partial charge on any atom is 0.167 e. The minimum Gasteiger partial charge on any atom is -0.494 e. The highest BCUT2D eigenvalue weighted by molar-refractivity contribution is 5.51. The third-order valence-electron chi connectivity index (χ3n) is 5.51. The van der Waals surface area contributed by atoms with E-state index >= 15 is 0 Å². The Morgan fingerprint density at radius 2 is 1.71 bits per heavy atom. The number of hydrogen-bond donors (Lipinski definition) is 0. The summed E-state index contributed by atoms with van der Waals surface area (Å²) in [6.45, 7) is 4.46. The Balaban J connectivity index is 1.50. The van der Waals surface area contributed by atoms with Gasteiger partial charge in [0.1, 0.15) is 5.82 Å². The van der Waals surface area contributed by atoms with E-state index in [-0.39, 0.29) is 5.75 Å². The number of piperazine rings is 1. The lowest BCUT2D eigenvalue weighted by Crippen LogP contribution is -2.47. The maximum absolute atomic E-state index is 14.2. The molecule has 1 aromatic rings. The van der Waals surface area contributed by atoms with Crippen LogP contribution in [0.25, 0.3) is 0 Å². The molecule has 5 heteroatoms. The molecule has 1 aromatic carbocycles. The quantitative estimate of drug-likeness (QED) is 0.805. The second-order valence-corrected chi connectivity index (χ2v) is 7.06. The van der Waals surface area contributed by atoms with E-state index in [2.05, 4.69) is 4.90 Å². The molecule has 134 valence electrons.